The minimum absolute atomic E-state index is 0.220. The Hall–Kier alpha value is -0.800. The van der Waals surface area contributed by atoms with Gasteiger partial charge >= 0.3 is 0 Å². The summed E-state index contributed by atoms with van der Waals surface area (Å²) in [5.41, 5.74) is 0.445. The molecule has 2 nitrogen and oxygen atoms in total. The second-order valence-corrected chi connectivity index (χ2v) is 2.78. The summed E-state index contributed by atoms with van der Waals surface area (Å²) in [6, 6.07) is 2.87. The van der Waals surface area contributed by atoms with Crippen LogP contribution in [-0.2, 0) is 6.54 Å². The fourth-order valence-corrected chi connectivity index (χ4v) is 1.09. The van der Waals surface area contributed by atoms with Crippen molar-refractivity contribution in [2.24, 2.45) is 0 Å². The maximum Gasteiger partial charge on any atom is 0.150 e. The van der Waals surface area contributed by atoms with Crippen molar-refractivity contribution in [3.05, 3.63) is 28.5 Å². The highest BCUT2D eigenvalue weighted by Gasteiger charge is 2.09. The number of rotatable bonds is 2. The quantitative estimate of drug-likeness (QED) is 0.745. The molecule has 0 heterocycles. The Morgan fingerprint density at radius 3 is 2.83 bits per heavy atom. The average molecular weight is 190 g/mol. The zero-order chi connectivity index (χ0) is 9.14. The average Bonchev–Trinajstić information content (AvgIpc) is 2.07. The number of hydrogen-bond acceptors (Lipinski definition) is 2. The third kappa shape index (κ3) is 1.68. The molecule has 1 rings (SSSR count). The predicted molar refractivity (Wildman–Crippen MR) is 45.8 cm³/mol. The fourth-order valence-electron chi connectivity index (χ4n) is 0.906. The number of nitrogens with one attached hydrogen (secondary N) is 1. The van der Waals surface area contributed by atoms with Crippen molar-refractivity contribution < 1.29 is 9.50 Å². The first kappa shape index (κ1) is 9.29. The van der Waals surface area contributed by atoms with E-state index in [0.717, 1.165) is 0 Å². The van der Waals surface area contributed by atoms with Crippen LogP contribution in [0.25, 0.3) is 0 Å². The van der Waals surface area contributed by atoms with Gasteiger partial charge in [0.2, 0.25) is 0 Å². The summed E-state index contributed by atoms with van der Waals surface area (Å²) in [5.74, 6) is -0.792. The van der Waals surface area contributed by atoms with Crippen LogP contribution in [0.4, 0.5) is 4.39 Å². The summed E-state index contributed by atoms with van der Waals surface area (Å²) >= 11 is 5.47. The van der Waals surface area contributed by atoms with Crippen LogP contribution in [-0.4, -0.2) is 12.2 Å². The molecule has 0 fully saturated rings. The Morgan fingerprint density at radius 1 is 1.58 bits per heavy atom. The normalized spacial score (nSPS) is 10.2. The Labute approximate surface area is 75.0 Å². The molecular weight excluding hydrogens is 181 g/mol. The molecule has 2 N–H and O–H groups in total. The minimum atomic E-state index is -0.564. The van der Waals surface area contributed by atoms with Crippen LogP contribution in [0.1, 0.15) is 5.56 Å². The van der Waals surface area contributed by atoms with Gasteiger partial charge in [0.25, 0.3) is 0 Å². The van der Waals surface area contributed by atoms with Crippen LogP contribution in [0.2, 0.25) is 5.02 Å². The second kappa shape index (κ2) is 3.74. The lowest BCUT2D eigenvalue weighted by Gasteiger charge is -2.04. The number of aromatic hydroxyl groups is 1. The van der Waals surface area contributed by atoms with E-state index in [1.807, 2.05) is 0 Å². The SMILES string of the molecule is CNCc1ccc(O)c(Cl)c1F. The molecule has 0 spiro atoms. The van der Waals surface area contributed by atoms with Gasteiger partial charge in [0, 0.05) is 12.1 Å². The smallest absolute Gasteiger partial charge is 0.150 e. The Kier molecular flexibility index (Phi) is 2.89. The molecule has 0 aliphatic heterocycles. The van der Waals surface area contributed by atoms with Gasteiger partial charge in [-0.15, -0.1) is 0 Å². The molecule has 12 heavy (non-hydrogen) atoms. The van der Waals surface area contributed by atoms with Gasteiger partial charge in [0.05, 0.1) is 0 Å². The molecular formula is C8H9ClFNO. The summed E-state index contributed by atoms with van der Waals surface area (Å²) in [4.78, 5) is 0. The van der Waals surface area contributed by atoms with E-state index in [4.69, 9.17) is 16.7 Å². The van der Waals surface area contributed by atoms with E-state index in [9.17, 15) is 4.39 Å². The van der Waals surface area contributed by atoms with E-state index >= 15 is 0 Å². The van der Waals surface area contributed by atoms with Gasteiger partial charge in [-0.05, 0) is 13.1 Å². The number of benzene rings is 1. The van der Waals surface area contributed by atoms with Gasteiger partial charge in [-0.2, -0.15) is 0 Å². The van der Waals surface area contributed by atoms with Gasteiger partial charge in [-0.3, -0.25) is 0 Å². The van der Waals surface area contributed by atoms with Gasteiger partial charge in [-0.25, -0.2) is 4.39 Å². The molecule has 66 valence electrons. The largest absolute Gasteiger partial charge is 0.506 e. The minimum Gasteiger partial charge on any atom is -0.506 e. The molecule has 0 amide bonds. The zero-order valence-corrected chi connectivity index (χ0v) is 7.32. The van der Waals surface area contributed by atoms with Crippen LogP contribution in [0.5, 0.6) is 5.75 Å². The first-order chi connectivity index (χ1) is 5.66. The van der Waals surface area contributed by atoms with E-state index < -0.39 is 5.82 Å². The molecule has 4 heteroatoms. The fraction of sp³-hybridized carbons (Fsp3) is 0.250. The van der Waals surface area contributed by atoms with Gasteiger partial charge < -0.3 is 10.4 Å². The lowest BCUT2D eigenvalue weighted by atomic mass is 10.2. The molecule has 0 saturated carbocycles. The molecule has 0 aliphatic carbocycles. The van der Waals surface area contributed by atoms with E-state index in [0.29, 0.717) is 12.1 Å². The molecule has 0 aromatic heterocycles. The molecule has 1 aromatic rings. The maximum atomic E-state index is 13.1. The predicted octanol–water partition coefficient (Wildman–Crippen LogP) is 1.90. The second-order valence-electron chi connectivity index (χ2n) is 2.40. The van der Waals surface area contributed by atoms with E-state index in [2.05, 4.69) is 5.32 Å². The van der Waals surface area contributed by atoms with Gasteiger partial charge in [-0.1, -0.05) is 17.7 Å². The first-order valence-electron chi connectivity index (χ1n) is 3.47. The number of phenols is 1. The summed E-state index contributed by atoms with van der Waals surface area (Å²) in [6.45, 7) is 0.395. The summed E-state index contributed by atoms with van der Waals surface area (Å²) in [7, 11) is 1.71. The highest BCUT2D eigenvalue weighted by atomic mass is 35.5. The van der Waals surface area contributed by atoms with E-state index in [-0.39, 0.29) is 10.8 Å². The zero-order valence-electron chi connectivity index (χ0n) is 6.56. The Balaban J connectivity index is 3.08. The van der Waals surface area contributed by atoms with Crippen LogP contribution >= 0.6 is 11.6 Å². The highest BCUT2D eigenvalue weighted by Crippen LogP contribution is 2.27. The number of hydrogen-bond donors (Lipinski definition) is 2. The number of phenolic OH excluding ortho intramolecular Hbond substituents is 1. The molecule has 0 bridgehead atoms. The van der Waals surface area contributed by atoms with Crippen molar-refractivity contribution in [1.29, 1.82) is 0 Å². The third-order valence-electron chi connectivity index (χ3n) is 1.51. The van der Waals surface area contributed by atoms with Gasteiger partial charge in [0.1, 0.15) is 16.6 Å². The van der Waals surface area contributed by atoms with Crippen LogP contribution in [0.3, 0.4) is 0 Å². The lowest BCUT2D eigenvalue weighted by Crippen LogP contribution is -2.06. The molecule has 0 atom stereocenters. The van der Waals surface area contributed by atoms with Crippen LogP contribution in [0.15, 0.2) is 12.1 Å². The Bertz CT molecular complexity index is 291. The molecule has 0 radical (unpaired) electrons. The summed E-state index contributed by atoms with van der Waals surface area (Å²) < 4.78 is 13.1. The van der Waals surface area contributed by atoms with Crippen molar-refractivity contribution >= 4 is 11.6 Å². The van der Waals surface area contributed by atoms with Crippen LogP contribution in [0, 0.1) is 5.82 Å². The van der Waals surface area contributed by atoms with E-state index in [1.165, 1.54) is 12.1 Å². The summed E-state index contributed by atoms with van der Waals surface area (Å²) in [5, 5.41) is 11.6. The first-order valence-corrected chi connectivity index (χ1v) is 3.85. The van der Waals surface area contributed by atoms with Crippen molar-refractivity contribution in [2.75, 3.05) is 7.05 Å². The lowest BCUT2D eigenvalue weighted by molar-refractivity contribution is 0.468. The standard InChI is InChI=1S/C8H9ClFNO/c1-11-4-5-2-3-6(12)7(9)8(5)10/h2-3,11-12H,4H2,1H3. The molecule has 1 aromatic carbocycles. The van der Waals surface area contributed by atoms with Crippen molar-refractivity contribution in [2.45, 2.75) is 6.54 Å². The van der Waals surface area contributed by atoms with Crippen LogP contribution < -0.4 is 5.32 Å². The molecule has 0 unspecified atom stereocenters. The maximum absolute atomic E-state index is 13.1. The van der Waals surface area contributed by atoms with Crippen molar-refractivity contribution in [3.63, 3.8) is 0 Å². The topological polar surface area (TPSA) is 32.3 Å². The molecule has 0 saturated heterocycles. The summed E-state index contributed by atoms with van der Waals surface area (Å²) in [6.07, 6.45) is 0. The van der Waals surface area contributed by atoms with E-state index in [1.54, 1.807) is 7.05 Å². The number of halogens is 2. The van der Waals surface area contributed by atoms with Crippen molar-refractivity contribution in [3.8, 4) is 5.75 Å². The Morgan fingerprint density at radius 2 is 2.25 bits per heavy atom. The molecule has 0 aliphatic rings. The van der Waals surface area contributed by atoms with Gasteiger partial charge in [0.15, 0.2) is 0 Å². The van der Waals surface area contributed by atoms with Crippen molar-refractivity contribution in [1.82, 2.24) is 5.32 Å². The third-order valence-corrected chi connectivity index (χ3v) is 1.87. The highest BCUT2D eigenvalue weighted by molar-refractivity contribution is 6.32. The monoisotopic (exact) mass is 189 g/mol.